The van der Waals surface area contributed by atoms with Crippen LogP contribution in [0.15, 0.2) is 48.7 Å². The number of aromatic nitrogens is 1. The molecule has 25 heavy (non-hydrogen) atoms. The highest BCUT2D eigenvalue weighted by Crippen LogP contribution is 2.32. The largest absolute Gasteiger partial charge is 0.381 e. The van der Waals surface area contributed by atoms with Crippen molar-refractivity contribution >= 4 is 5.91 Å². The summed E-state index contributed by atoms with van der Waals surface area (Å²) < 4.78 is 18.7. The predicted molar refractivity (Wildman–Crippen MR) is 92.2 cm³/mol. The quantitative estimate of drug-likeness (QED) is 0.843. The summed E-state index contributed by atoms with van der Waals surface area (Å²) in [5.74, 6) is -0.363. The maximum Gasteiger partial charge on any atom is 0.234 e. The molecule has 2 heterocycles. The number of carbonyl (C=O) groups excluding carboxylic acids is 1. The molecular weight excluding hydrogens is 321 g/mol. The van der Waals surface area contributed by atoms with E-state index in [0.29, 0.717) is 19.8 Å². The van der Waals surface area contributed by atoms with Gasteiger partial charge in [-0.1, -0.05) is 18.2 Å². The number of benzene rings is 1. The van der Waals surface area contributed by atoms with E-state index in [2.05, 4.69) is 15.6 Å². The molecule has 0 atom stereocenters. The van der Waals surface area contributed by atoms with Crippen molar-refractivity contribution in [3.8, 4) is 0 Å². The molecule has 0 spiro atoms. The molecule has 5 nitrogen and oxygen atoms in total. The van der Waals surface area contributed by atoms with Crippen LogP contribution in [0.2, 0.25) is 0 Å². The van der Waals surface area contributed by atoms with Crippen LogP contribution in [0.3, 0.4) is 0 Å². The lowest BCUT2D eigenvalue weighted by atomic mass is 9.82. The van der Waals surface area contributed by atoms with E-state index >= 15 is 0 Å². The van der Waals surface area contributed by atoms with Crippen LogP contribution in [-0.4, -0.2) is 30.6 Å². The molecule has 0 bridgehead atoms. The van der Waals surface area contributed by atoms with E-state index in [0.717, 1.165) is 24.1 Å². The van der Waals surface area contributed by atoms with E-state index in [-0.39, 0.29) is 23.8 Å². The Hall–Kier alpha value is -2.31. The molecule has 0 saturated carbocycles. The van der Waals surface area contributed by atoms with Crippen LogP contribution in [-0.2, 0) is 21.6 Å². The molecule has 1 aliphatic rings. The Bertz CT molecular complexity index is 686. The van der Waals surface area contributed by atoms with E-state index in [9.17, 15) is 9.18 Å². The number of rotatable bonds is 6. The molecule has 3 rings (SSSR count). The number of ether oxygens (including phenoxy) is 1. The van der Waals surface area contributed by atoms with Crippen molar-refractivity contribution in [2.45, 2.75) is 24.9 Å². The summed E-state index contributed by atoms with van der Waals surface area (Å²) in [5, 5.41) is 6.23. The molecule has 2 aromatic rings. The normalized spacial score (nSPS) is 16.4. The van der Waals surface area contributed by atoms with Crippen molar-refractivity contribution in [1.29, 1.82) is 0 Å². The Morgan fingerprint density at radius 1 is 1.16 bits per heavy atom. The summed E-state index contributed by atoms with van der Waals surface area (Å²) in [6.07, 6.45) is 3.18. The second kappa shape index (κ2) is 8.18. The van der Waals surface area contributed by atoms with Gasteiger partial charge in [-0.3, -0.25) is 15.1 Å². The fraction of sp³-hybridized carbons (Fsp3) is 0.368. The number of hydrogen-bond donors (Lipinski definition) is 2. The van der Waals surface area contributed by atoms with Gasteiger partial charge in [-0.05, 0) is 42.7 Å². The summed E-state index contributed by atoms with van der Waals surface area (Å²) in [7, 11) is 0. The third-order valence-electron chi connectivity index (χ3n) is 4.52. The van der Waals surface area contributed by atoms with E-state index in [1.54, 1.807) is 18.3 Å². The van der Waals surface area contributed by atoms with Crippen LogP contribution in [0.25, 0.3) is 0 Å². The van der Waals surface area contributed by atoms with Crippen molar-refractivity contribution in [2.24, 2.45) is 0 Å². The molecular formula is C19H22FN3O2. The Balaban J connectivity index is 1.61. The number of carbonyl (C=O) groups is 1. The van der Waals surface area contributed by atoms with Gasteiger partial charge in [-0.25, -0.2) is 4.39 Å². The Labute approximate surface area is 146 Å². The number of hydrogen-bond acceptors (Lipinski definition) is 4. The number of amides is 1. The highest BCUT2D eigenvalue weighted by Gasteiger charge is 2.34. The smallest absolute Gasteiger partial charge is 0.234 e. The molecule has 0 unspecified atom stereocenters. The van der Waals surface area contributed by atoms with Gasteiger partial charge in [0.2, 0.25) is 5.91 Å². The lowest BCUT2D eigenvalue weighted by Gasteiger charge is -2.38. The Morgan fingerprint density at radius 2 is 1.92 bits per heavy atom. The van der Waals surface area contributed by atoms with E-state index < -0.39 is 0 Å². The van der Waals surface area contributed by atoms with Crippen LogP contribution < -0.4 is 10.6 Å². The lowest BCUT2D eigenvalue weighted by Crippen LogP contribution is -2.50. The molecule has 0 radical (unpaired) electrons. The summed E-state index contributed by atoms with van der Waals surface area (Å²) in [6.45, 7) is 1.80. The first-order valence-electron chi connectivity index (χ1n) is 8.43. The van der Waals surface area contributed by atoms with Gasteiger partial charge in [0.25, 0.3) is 0 Å². The van der Waals surface area contributed by atoms with Gasteiger partial charge in [0.15, 0.2) is 0 Å². The predicted octanol–water partition coefficient (Wildman–Crippen LogP) is 2.13. The van der Waals surface area contributed by atoms with Crippen molar-refractivity contribution in [3.05, 3.63) is 65.7 Å². The molecule has 2 N–H and O–H groups in total. The second-order valence-corrected chi connectivity index (χ2v) is 6.15. The summed E-state index contributed by atoms with van der Waals surface area (Å²) in [5.41, 5.74) is 1.43. The number of nitrogens with zero attached hydrogens (tertiary/aromatic N) is 1. The molecule has 132 valence electrons. The standard InChI is InChI=1S/C19H22FN3O2/c20-16-6-4-15(5-7-16)19(8-11-25-12-9-19)23-14-18(24)22-13-17-3-1-2-10-21-17/h1-7,10,23H,8-9,11-14H2,(H,22,24). The monoisotopic (exact) mass is 343 g/mol. The van der Waals surface area contributed by atoms with E-state index in [1.165, 1.54) is 12.1 Å². The lowest BCUT2D eigenvalue weighted by molar-refractivity contribution is -0.121. The highest BCUT2D eigenvalue weighted by atomic mass is 19.1. The minimum Gasteiger partial charge on any atom is -0.381 e. The number of nitrogens with one attached hydrogen (secondary N) is 2. The van der Waals surface area contributed by atoms with Gasteiger partial charge in [-0.2, -0.15) is 0 Å². The minimum absolute atomic E-state index is 0.0985. The summed E-state index contributed by atoms with van der Waals surface area (Å²) in [6, 6.07) is 12.1. The zero-order valence-electron chi connectivity index (χ0n) is 14.0. The zero-order valence-corrected chi connectivity index (χ0v) is 14.0. The average molecular weight is 343 g/mol. The fourth-order valence-electron chi connectivity index (χ4n) is 3.06. The first-order chi connectivity index (χ1) is 12.2. The maximum atomic E-state index is 13.2. The van der Waals surface area contributed by atoms with Crippen LogP contribution in [0.1, 0.15) is 24.1 Å². The molecule has 6 heteroatoms. The SMILES string of the molecule is O=C(CNC1(c2ccc(F)cc2)CCOCC1)NCc1ccccn1. The van der Waals surface area contributed by atoms with Gasteiger partial charge in [-0.15, -0.1) is 0 Å². The van der Waals surface area contributed by atoms with Crippen LogP contribution >= 0.6 is 0 Å². The third-order valence-corrected chi connectivity index (χ3v) is 4.52. The van der Waals surface area contributed by atoms with E-state index in [4.69, 9.17) is 4.74 Å². The van der Waals surface area contributed by atoms with Gasteiger partial charge in [0.05, 0.1) is 18.8 Å². The topological polar surface area (TPSA) is 63.2 Å². The molecule has 1 aliphatic heterocycles. The minimum atomic E-state index is -0.367. The maximum absolute atomic E-state index is 13.2. The Morgan fingerprint density at radius 3 is 2.60 bits per heavy atom. The highest BCUT2D eigenvalue weighted by molar-refractivity contribution is 5.78. The van der Waals surface area contributed by atoms with Crippen molar-refractivity contribution in [3.63, 3.8) is 0 Å². The van der Waals surface area contributed by atoms with Gasteiger partial charge in [0.1, 0.15) is 5.82 Å². The van der Waals surface area contributed by atoms with Crippen molar-refractivity contribution < 1.29 is 13.9 Å². The third kappa shape index (κ3) is 4.61. The summed E-state index contributed by atoms with van der Waals surface area (Å²) >= 11 is 0. The van der Waals surface area contributed by atoms with Crippen molar-refractivity contribution in [2.75, 3.05) is 19.8 Å². The molecule has 1 aromatic heterocycles. The number of pyridine rings is 1. The van der Waals surface area contributed by atoms with Crippen LogP contribution in [0, 0.1) is 5.82 Å². The zero-order chi connectivity index (χ0) is 17.5. The first kappa shape index (κ1) is 17.5. The van der Waals surface area contributed by atoms with Crippen LogP contribution in [0.4, 0.5) is 4.39 Å². The second-order valence-electron chi connectivity index (χ2n) is 6.15. The van der Waals surface area contributed by atoms with Gasteiger partial charge in [0, 0.05) is 24.9 Å². The van der Waals surface area contributed by atoms with E-state index in [1.807, 2.05) is 18.2 Å². The molecule has 1 fully saturated rings. The number of halogens is 1. The van der Waals surface area contributed by atoms with Crippen molar-refractivity contribution in [1.82, 2.24) is 15.6 Å². The average Bonchev–Trinajstić information content (AvgIpc) is 2.67. The summed E-state index contributed by atoms with van der Waals surface area (Å²) in [4.78, 5) is 16.4. The Kier molecular flexibility index (Phi) is 5.73. The molecule has 0 aliphatic carbocycles. The van der Waals surface area contributed by atoms with Crippen LogP contribution in [0.5, 0.6) is 0 Å². The molecule has 1 saturated heterocycles. The molecule has 1 amide bonds. The molecule has 1 aromatic carbocycles. The first-order valence-corrected chi connectivity index (χ1v) is 8.43. The van der Waals surface area contributed by atoms with Gasteiger partial charge < -0.3 is 10.1 Å². The van der Waals surface area contributed by atoms with Gasteiger partial charge >= 0.3 is 0 Å². The fourth-order valence-corrected chi connectivity index (χ4v) is 3.06.